The van der Waals surface area contributed by atoms with Gasteiger partial charge in [-0.05, 0) is 12.1 Å². The monoisotopic (exact) mass is 182 g/mol. The van der Waals surface area contributed by atoms with Gasteiger partial charge in [0.15, 0.2) is 0 Å². The highest BCUT2D eigenvalue weighted by molar-refractivity contribution is 6.43. The minimum atomic E-state index is -0.739. The molecule has 0 aliphatic rings. The second-order valence-corrected chi connectivity index (χ2v) is 2.68. The second kappa shape index (κ2) is 3.36. The van der Waals surface area contributed by atoms with Gasteiger partial charge in [0.1, 0.15) is 5.71 Å². The Morgan fingerprint density at radius 3 is 2.25 bits per heavy atom. The van der Waals surface area contributed by atoms with Crippen molar-refractivity contribution in [2.24, 2.45) is 5.73 Å². The molecule has 1 aromatic rings. The summed E-state index contributed by atoms with van der Waals surface area (Å²) in [5.41, 5.74) is 5.19. The normalized spacial score (nSPS) is 9.42. The van der Waals surface area contributed by atoms with E-state index in [0.717, 1.165) is 0 Å². The Kier molecular flexibility index (Phi) is 2.45. The fraction of sp³-hybridized carbons (Fsp3) is 0. The van der Waals surface area contributed by atoms with Crippen LogP contribution in [0.1, 0.15) is 5.56 Å². The Hall–Kier alpha value is -1.35. The van der Waals surface area contributed by atoms with Crippen LogP contribution in [0, 0.1) is 5.41 Å². The van der Waals surface area contributed by atoms with E-state index in [4.69, 9.17) is 22.7 Å². The summed E-state index contributed by atoms with van der Waals surface area (Å²) in [4.78, 5) is 10.5. The lowest BCUT2D eigenvalue weighted by Crippen LogP contribution is -2.22. The predicted octanol–water partition coefficient (Wildman–Crippen LogP) is 1.19. The van der Waals surface area contributed by atoms with Gasteiger partial charge in [-0.3, -0.25) is 10.2 Å². The number of amides is 1. The van der Waals surface area contributed by atoms with Crippen molar-refractivity contribution in [2.75, 3.05) is 0 Å². The number of carbonyl (C=O) groups is 1. The second-order valence-electron chi connectivity index (χ2n) is 2.25. The Balaban J connectivity index is 2.98. The van der Waals surface area contributed by atoms with Crippen LogP contribution in [0.3, 0.4) is 0 Å². The van der Waals surface area contributed by atoms with Crippen LogP contribution in [0.5, 0.6) is 0 Å². The largest absolute Gasteiger partial charge is 0.364 e. The number of halogens is 1. The zero-order valence-electron chi connectivity index (χ0n) is 6.17. The van der Waals surface area contributed by atoms with Crippen molar-refractivity contribution in [1.82, 2.24) is 0 Å². The number of benzene rings is 1. The molecule has 12 heavy (non-hydrogen) atoms. The molecule has 1 amide bonds. The SMILES string of the molecule is N=C(C(N)=O)c1ccc(Cl)cc1. The molecule has 3 N–H and O–H groups in total. The average Bonchev–Trinajstić information content (AvgIpc) is 2.04. The van der Waals surface area contributed by atoms with Crippen molar-refractivity contribution in [3.05, 3.63) is 34.9 Å². The third kappa shape index (κ3) is 1.83. The Morgan fingerprint density at radius 2 is 1.83 bits per heavy atom. The van der Waals surface area contributed by atoms with Gasteiger partial charge in [0.05, 0.1) is 0 Å². The highest BCUT2D eigenvalue weighted by Gasteiger charge is 2.06. The molecule has 0 fully saturated rings. The van der Waals surface area contributed by atoms with Crippen LogP contribution in [0.25, 0.3) is 0 Å². The summed E-state index contributed by atoms with van der Waals surface area (Å²) in [6.45, 7) is 0. The number of nitrogens with two attached hydrogens (primary N) is 1. The van der Waals surface area contributed by atoms with Crippen LogP contribution in [-0.2, 0) is 4.79 Å². The first-order valence-corrected chi connectivity index (χ1v) is 3.63. The molecule has 1 aromatic carbocycles. The van der Waals surface area contributed by atoms with Gasteiger partial charge in [0.2, 0.25) is 0 Å². The molecular formula is C8H7ClN2O. The topological polar surface area (TPSA) is 66.9 Å². The quantitative estimate of drug-likeness (QED) is 0.663. The van der Waals surface area contributed by atoms with Crippen LogP contribution in [0.2, 0.25) is 5.02 Å². The van der Waals surface area contributed by atoms with Gasteiger partial charge >= 0.3 is 0 Å². The van der Waals surface area contributed by atoms with Crippen molar-refractivity contribution in [3.8, 4) is 0 Å². The van der Waals surface area contributed by atoms with Gasteiger partial charge in [0.25, 0.3) is 5.91 Å². The van der Waals surface area contributed by atoms with Crippen molar-refractivity contribution >= 4 is 23.2 Å². The minimum absolute atomic E-state index is 0.202. The molecule has 0 heterocycles. The summed E-state index contributed by atoms with van der Waals surface area (Å²) in [7, 11) is 0. The van der Waals surface area contributed by atoms with Gasteiger partial charge in [-0.1, -0.05) is 23.7 Å². The zero-order chi connectivity index (χ0) is 9.14. The maximum absolute atomic E-state index is 10.5. The molecule has 62 valence electrons. The molecule has 0 spiro atoms. The van der Waals surface area contributed by atoms with Crippen molar-refractivity contribution < 1.29 is 4.79 Å². The molecule has 0 aromatic heterocycles. The van der Waals surface area contributed by atoms with Crippen LogP contribution >= 0.6 is 11.6 Å². The number of hydrogen-bond acceptors (Lipinski definition) is 2. The van der Waals surface area contributed by atoms with Crippen molar-refractivity contribution in [2.45, 2.75) is 0 Å². The molecule has 1 rings (SSSR count). The summed E-state index contributed by atoms with van der Waals surface area (Å²) in [5, 5.41) is 7.80. The van der Waals surface area contributed by atoms with E-state index in [1.807, 2.05) is 0 Å². The molecule has 0 bridgehead atoms. The highest BCUT2D eigenvalue weighted by Crippen LogP contribution is 2.09. The summed E-state index contributed by atoms with van der Waals surface area (Å²) < 4.78 is 0. The summed E-state index contributed by atoms with van der Waals surface area (Å²) in [5.74, 6) is -0.739. The maximum Gasteiger partial charge on any atom is 0.267 e. The van der Waals surface area contributed by atoms with E-state index in [0.29, 0.717) is 10.6 Å². The maximum atomic E-state index is 10.5. The number of hydrogen-bond donors (Lipinski definition) is 2. The molecule has 4 heteroatoms. The lowest BCUT2D eigenvalue weighted by Gasteiger charge is -1.98. The van der Waals surface area contributed by atoms with Gasteiger partial charge in [0, 0.05) is 10.6 Å². The number of primary amides is 1. The number of rotatable bonds is 2. The molecule has 0 aliphatic carbocycles. The lowest BCUT2D eigenvalue weighted by molar-refractivity contribution is -0.112. The average molecular weight is 183 g/mol. The Labute approximate surface area is 74.7 Å². The Bertz CT molecular complexity index is 318. The third-order valence-corrected chi connectivity index (χ3v) is 1.63. The Morgan fingerprint density at radius 1 is 1.33 bits per heavy atom. The van der Waals surface area contributed by atoms with E-state index >= 15 is 0 Å². The van der Waals surface area contributed by atoms with Crippen LogP contribution < -0.4 is 5.73 Å². The molecule has 0 radical (unpaired) electrons. The first-order chi connectivity index (χ1) is 5.61. The smallest absolute Gasteiger partial charge is 0.267 e. The van der Waals surface area contributed by atoms with E-state index in [1.54, 1.807) is 24.3 Å². The molecular weight excluding hydrogens is 176 g/mol. The van der Waals surface area contributed by atoms with E-state index in [1.165, 1.54) is 0 Å². The highest BCUT2D eigenvalue weighted by atomic mass is 35.5. The first kappa shape index (κ1) is 8.74. The minimum Gasteiger partial charge on any atom is -0.364 e. The van der Waals surface area contributed by atoms with Gasteiger partial charge < -0.3 is 5.73 Å². The van der Waals surface area contributed by atoms with E-state index in [-0.39, 0.29) is 5.71 Å². The lowest BCUT2D eigenvalue weighted by atomic mass is 10.1. The fourth-order valence-electron chi connectivity index (χ4n) is 0.759. The van der Waals surface area contributed by atoms with Gasteiger partial charge in [-0.25, -0.2) is 0 Å². The van der Waals surface area contributed by atoms with E-state index in [9.17, 15) is 4.79 Å². The zero-order valence-corrected chi connectivity index (χ0v) is 6.93. The van der Waals surface area contributed by atoms with E-state index < -0.39 is 5.91 Å². The first-order valence-electron chi connectivity index (χ1n) is 3.25. The summed E-state index contributed by atoms with van der Waals surface area (Å²) in [6.07, 6.45) is 0. The molecule has 0 saturated heterocycles. The molecule has 0 aliphatic heterocycles. The molecule has 3 nitrogen and oxygen atoms in total. The standard InChI is InChI=1S/C8H7ClN2O/c9-6-3-1-5(2-4-6)7(10)8(11)12/h1-4,10H,(H2,11,12). The van der Waals surface area contributed by atoms with Gasteiger partial charge in [-0.15, -0.1) is 0 Å². The van der Waals surface area contributed by atoms with Crippen LogP contribution in [0.4, 0.5) is 0 Å². The van der Waals surface area contributed by atoms with Gasteiger partial charge in [-0.2, -0.15) is 0 Å². The summed E-state index contributed by atoms with van der Waals surface area (Å²) in [6, 6.07) is 6.37. The third-order valence-electron chi connectivity index (χ3n) is 1.38. The van der Waals surface area contributed by atoms with Crippen LogP contribution in [-0.4, -0.2) is 11.6 Å². The van der Waals surface area contributed by atoms with Crippen molar-refractivity contribution in [1.29, 1.82) is 5.41 Å². The number of carbonyl (C=O) groups excluding carboxylic acids is 1. The van der Waals surface area contributed by atoms with E-state index in [2.05, 4.69) is 0 Å². The van der Waals surface area contributed by atoms with Crippen molar-refractivity contribution in [3.63, 3.8) is 0 Å². The fourth-order valence-corrected chi connectivity index (χ4v) is 0.885. The molecule has 0 saturated carbocycles. The predicted molar refractivity (Wildman–Crippen MR) is 47.5 cm³/mol. The molecule has 0 unspecified atom stereocenters. The number of nitrogens with one attached hydrogen (secondary N) is 1. The summed E-state index contributed by atoms with van der Waals surface area (Å²) >= 11 is 5.61. The molecule has 0 atom stereocenters. The van der Waals surface area contributed by atoms with Crippen LogP contribution in [0.15, 0.2) is 24.3 Å².